The van der Waals surface area contributed by atoms with Crippen molar-refractivity contribution in [2.45, 2.75) is 6.54 Å². The number of rotatable bonds is 2. The number of nitrogens with zero attached hydrogens (tertiary/aromatic N) is 1. The molecule has 1 aromatic heterocycles. The first kappa shape index (κ1) is 19.3. The van der Waals surface area contributed by atoms with E-state index in [1.807, 2.05) is 36.4 Å². The zero-order valence-electron chi connectivity index (χ0n) is 9.58. The minimum absolute atomic E-state index is 0. The van der Waals surface area contributed by atoms with E-state index in [2.05, 4.69) is 4.98 Å². The lowest BCUT2D eigenvalue weighted by Gasteiger charge is -2.02. The summed E-state index contributed by atoms with van der Waals surface area (Å²) in [6.07, 6.45) is 1.79. The van der Waals surface area contributed by atoms with Crippen LogP contribution in [0.2, 0.25) is 0 Å². The number of pyridine rings is 1. The van der Waals surface area contributed by atoms with Crippen molar-refractivity contribution in [2.24, 2.45) is 5.73 Å². The van der Waals surface area contributed by atoms with Crippen molar-refractivity contribution in [1.29, 1.82) is 0 Å². The van der Waals surface area contributed by atoms with Crippen molar-refractivity contribution in [3.05, 3.63) is 48.2 Å². The summed E-state index contributed by atoms with van der Waals surface area (Å²) in [6.45, 7) is 0.518. The van der Waals surface area contributed by atoms with Gasteiger partial charge < -0.3 is 11.5 Å². The highest BCUT2D eigenvalue weighted by Crippen LogP contribution is 2.19. The van der Waals surface area contributed by atoms with Gasteiger partial charge in [0, 0.05) is 24.0 Å². The van der Waals surface area contributed by atoms with Gasteiger partial charge in [-0.3, -0.25) is 4.98 Å². The number of nitrogens with two attached hydrogens (primary N) is 2. The first-order chi connectivity index (χ1) is 7.29. The van der Waals surface area contributed by atoms with E-state index in [0.29, 0.717) is 6.54 Å². The smallest absolute Gasteiger partial charge is 0.0702 e. The van der Waals surface area contributed by atoms with Crippen LogP contribution >= 0.6 is 37.2 Å². The van der Waals surface area contributed by atoms with Gasteiger partial charge in [0.05, 0.1) is 5.69 Å². The molecule has 0 aliphatic heterocycles. The zero-order chi connectivity index (χ0) is 10.7. The fraction of sp³-hybridized carbons (Fsp3) is 0.0833. The van der Waals surface area contributed by atoms with E-state index in [1.165, 1.54) is 0 Å². The monoisotopic (exact) mass is 307 g/mol. The Morgan fingerprint density at radius 2 is 1.72 bits per heavy atom. The Morgan fingerprint density at radius 1 is 1.00 bits per heavy atom. The van der Waals surface area contributed by atoms with Crippen LogP contribution in [0.3, 0.4) is 0 Å². The lowest BCUT2D eigenvalue weighted by Crippen LogP contribution is -1.97. The second kappa shape index (κ2) is 9.00. The van der Waals surface area contributed by atoms with E-state index in [9.17, 15) is 0 Å². The Balaban J connectivity index is 0. The molecule has 0 saturated carbocycles. The van der Waals surface area contributed by atoms with Crippen LogP contribution in [0.15, 0.2) is 42.6 Å². The Hall–Kier alpha value is -1.00. The quantitative estimate of drug-likeness (QED) is 0.838. The van der Waals surface area contributed by atoms with E-state index in [0.717, 1.165) is 22.5 Å². The van der Waals surface area contributed by atoms with Crippen molar-refractivity contribution >= 4 is 42.9 Å². The Morgan fingerprint density at radius 3 is 2.22 bits per heavy atom. The molecule has 18 heavy (non-hydrogen) atoms. The van der Waals surface area contributed by atoms with Crippen LogP contribution in [0.4, 0.5) is 5.69 Å². The molecule has 1 aromatic carbocycles. The standard InChI is InChI=1S/C12H13N3.3ClH/c13-7-9-4-5-12(15-8-9)10-2-1-3-11(14)6-10;;;/h1-6,8H,7,13-14H2;3*1H. The van der Waals surface area contributed by atoms with E-state index >= 15 is 0 Å². The molecule has 6 heteroatoms. The number of benzene rings is 1. The number of nitrogen functional groups attached to an aromatic ring is 1. The normalized spacial score (nSPS) is 8.50. The van der Waals surface area contributed by atoms with E-state index in [-0.39, 0.29) is 37.2 Å². The molecule has 0 bridgehead atoms. The lowest BCUT2D eigenvalue weighted by molar-refractivity contribution is 1.05. The number of hydrogen-bond acceptors (Lipinski definition) is 3. The van der Waals surface area contributed by atoms with Crippen LogP contribution < -0.4 is 11.5 Å². The van der Waals surface area contributed by atoms with Gasteiger partial charge in [-0.25, -0.2) is 0 Å². The molecular formula is C12H16Cl3N3. The Bertz CT molecular complexity index is 460. The predicted molar refractivity (Wildman–Crippen MR) is 83.7 cm³/mol. The van der Waals surface area contributed by atoms with E-state index < -0.39 is 0 Å². The summed E-state index contributed by atoms with van der Waals surface area (Å²) in [5.41, 5.74) is 14.9. The highest BCUT2D eigenvalue weighted by atomic mass is 35.5. The summed E-state index contributed by atoms with van der Waals surface area (Å²) in [4.78, 5) is 4.33. The van der Waals surface area contributed by atoms with Gasteiger partial charge in [0.2, 0.25) is 0 Å². The van der Waals surface area contributed by atoms with Crippen molar-refractivity contribution < 1.29 is 0 Å². The molecule has 100 valence electrons. The Labute approximate surface area is 125 Å². The number of aromatic nitrogens is 1. The molecule has 0 saturated heterocycles. The van der Waals surface area contributed by atoms with Crippen molar-refractivity contribution in [3.63, 3.8) is 0 Å². The molecule has 0 unspecified atom stereocenters. The lowest BCUT2D eigenvalue weighted by atomic mass is 10.1. The number of anilines is 1. The molecule has 0 spiro atoms. The maximum absolute atomic E-state index is 5.70. The summed E-state index contributed by atoms with van der Waals surface area (Å²) in [7, 11) is 0. The third-order valence-corrected chi connectivity index (χ3v) is 2.24. The second-order valence-electron chi connectivity index (χ2n) is 3.38. The molecule has 4 N–H and O–H groups in total. The minimum atomic E-state index is 0. The summed E-state index contributed by atoms with van der Waals surface area (Å²) in [5, 5.41) is 0. The molecule has 0 atom stereocenters. The fourth-order valence-corrected chi connectivity index (χ4v) is 1.41. The molecule has 0 radical (unpaired) electrons. The maximum Gasteiger partial charge on any atom is 0.0702 e. The van der Waals surface area contributed by atoms with Gasteiger partial charge in [0.25, 0.3) is 0 Å². The average Bonchev–Trinajstić information content (AvgIpc) is 2.29. The van der Waals surface area contributed by atoms with Gasteiger partial charge in [-0.05, 0) is 23.8 Å². The molecule has 1 heterocycles. The molecule has 0 aliphatic rings. The van der Waals surface area contributed by atoms with Gasteiger partial charge in [-0.2, -0.15) is 0 Å². The summed E-state index contributed by atoms with van der Waals surface area (Å²) in [5.74, 6) is 0. The Kier molecular flexibility index (Phi) is 9.67. The summed E-state index contributed by atoms with van der Waals surface area (Å²) >= 11 is 0. The first-order valence-corrected chi connectivity index (χ1v) is 4.80. The molecule has 2 rings (SSSR count). The molecular weight excluding hydrogens is 293 g/mol. The van der Waals surface area contributed by atoms with Crippen molar-refractivity contribution in [2.75, 3.05) is 5.73 Å². The van der Waals surface area contributed by atoms with Crippen LogP contribution in [0, 0.1) is 0 Å². The average molecular weight is 309 g/mol. The predicted octanol–water partition coefficient (Wildman–Crippen LogP) is 3.05. The van der Waals surface area contributed by atoms with Crippen LogP contribution in [0.1, 0.15) is 5.56 Å². The fourth-order valence-electron chi connectivity index (χ4n) is 1.41. The zero-order valence-corrected chi connectivity index (χ0v) is 12.0. The van der Waals surface area contributed by atoms with Gasteiger partial charge in [0.1, 0.15) is 0 Å². The van der Waals surface area contributed by atoms with Crippen LogP contribution in [-0.4, -0.2) is 4.98 Å². The van der Waals surface area contributed by atoms with Crippen molar-refractivity contribution in [3.8, 4) is 11.3 Å². The largest absolute Gasteiger partial charge is 0.399 e. The molecule has 3 nitrogen and oxygen atoms in total. The van der Waals surface area contributed by atoms with Gasteiger partial charge in [0.15, 0.2) is 0 Å². The first-order valence-electron chi connectivity index (χ1n) is 4.80. The summed E-state index contributed by atoms with van der Waals surface area (Å²) < 4.78 is 0. The topological polar surface area (TPSA) is 64.9 Å². The van der Waals surface area contributed by atoms with Crippen LogP contribution in [0.25, 0.3) is 11.3 Å². The van der Waals surface area contributed by atoms with E-state index in [4.69, 9.17) is 11.5 Å². The van der Waals surface area contributed by atoms with Crippen LogP contribution in [-0.2, 0) is 6.54 Å². The molecule has 2 aromatic rings. The highest BCUT2D eigenvalue weighted by molar-refractivity contribution is 5.86. The van der Waals surface area contributed by atoms with E-state index in [1.54, 1.807) is 6.20 Å². The number of hydrogen-bond donors (Lipinski definition) is 2. The van der Waals surface area contributed by atoms with Gasteiger partial charge >= 0.3 is 0 Å². The highest BCUT2D eigenvalue weighted by Gasteiger charge is 1.99. The minimum Gasteiger partial charge on any atom is -0.399 e. The molecule has 0 aliphatic carbocycles. The molecule has 0 fully saturated rings. The second-order valence-corrected chi connectivity index (χ2v) is 3.38. The number of halogens is 3. The SMILES string of the molecule is Cl.Cl.Cl.NCc1ccc(-c2cccc(N)c2)nc1. The van der Waals surface area contributed by atoms with Gasteiger partial charge in [-0.15, -0.1) is 37.2 Å². The van der Waals surface area contributed by atoms with Gasteiger partial charge in [-0.1, -0.05) is 18.2 Å². The molecule has 0 amide bonds. The third-order valence-electron chi connectivity index (χ3n) is 2.24. The van der Waals surface area contributed by atoms with Crippen LogP contribution in [0.5, 0.6) is 0 Å². The summed E-state index contributed by atoms with van der Waals surface area (Å²) in [6, 6.07) is 11.6. The third kappa shape index (κ3) is 4.70. The maximum atomic E-state index is 5.70. The van der Waals surface area contributed by atoms with Crippen molar-refractivity contribution in [1.82, 2.24) is 4.98 Å².